The first kappa shape index (κ1) is 12.3. The van der Waals surface area contributed by atoms with Gasteiger partial charge in [0, 0.05) is 7.05 Å². The second kappa shape index (κ2) is 3.41. The Balaban J connectivity index is 2.07. The van der Waals surface area contributed by atoms with Crippen molar-refractivity contribution in [3.05, 3.63) is 11.8 Å². The number of amides is 2. The minimum atomic E-state index is -0.230. The monoisotopic (exact) mass is 278 g/mol. The Morgan fingerprint density at radius 3 is 2.37 bits per heavy atom. The number of aromatic nitrogens is 2. The number of nitrogens with zero attached hydrogens (tertiary/aromatic N) is 3. The van der Waals surface area contributed by atoms with Crippen LogP contribution in [0, 0.1) is 17.3 Å². The van der Waals surface area contributed by atoms with Gasteiger partial charge >= 0.3 is 0 Å². The van der Waals surface area contributed by atoms with Gasteiger partial charge in [0.05, 0.1) is 23.6 Å². The lowest BCUT2D eigenvalue weighted by Gasteiger charge is -2.21. The number of imide groups is 1. The fourth-order valence-electron chi connectivity index (χ4n) is 3.03. The van der Waals surface area contributed by atoms with E-state index < -0.39 is 0 Å². The number of hydrogen-bond donors (Lipinski definition) is 1. The van der Waals surface area contributed by atoms with Gasteiger partial charge in [0.1, 0.15) is 4.99 Å². The van der Waals surface area contributed by atoms with Crippen molar-refractivity contribution in [3.8, 4) is 0 Å². The third-order valence-electron chi connectivity index (χ3n) is 4.18. The van der Waals surface area contributed by atoms with Crippen molar-refractivity contribution in [1.82, 2.24) is 9.78 Å². The van der Waals surface area contributed by atoms with Crippen molar-refractivity contribution >= 4 is 34.8 Å². The van der Waals surface area contributed by atoms with E-state index in [0.29, 0.717) is 11.4 Å². The lowest BCUT2D eigenvalue weighted by molar-refractivity contribution is -0.125. The fourth-order valence-corrected chi connectivity index (χ4v) is 3.17. The lowest BCUT2D eigenvalue weighted by atomic mass is 10.1. The Morgan fingerprint density at radius 2 is 1.89 bits per heavy atom. The molecule has 6 nitrogen and oxygen atoms in total. The average Bonchev–Trinajstić information content (AvgIpc) is 2.57. The topological polar surface area (TPSA) is 81.2 Å². The zero-order valence-corrected chi connectivity index (χ0v) is 11.7. The number of piperidine rings is 1. The highest BCUT2D eigenvalue weighted by molar-refractivity contribution is 7.80. The summed E-state index contributed by atoms with van der Waals surface area (Å²) in [7, 11) is 1.66. The summed E-state index contributed by atoms with van der Waals surface area (Å²) in [6, 6.07) is 0. The van der Waals surface area contributed by atoms with Gasteiger partial charge in [0.2, 0.25) is 11.8 Å². The van der Waals surface area contributed by atoms with Crippen molar-refractivity contribution in [1.29, 1.82) is 0 Å². The molecule has 1 aliphatic heterocycles. The number of hydrogen-bond acceptors (Lipinski definition) is 4. The van der Waals surface area contributed by atoms with Crippen molar-refractivity contribution in [2.45, 2.75) is 13.8 Å². The van der Waals surface area contributed by atoms with Gasteiger partial charge < -0.3 is 5.73 Å². The van der Waals surface area contributed by atoms with Crippen LogP contribution in [0.1, 0.15) is 19.4 Å². The smallest absolute Gasteiger partial charge is 0.239 e. The van der Waals surface area contributed by atoms with E-state index in [9.17, 15) is 9.59 Å². The first-order valence-corrected chi connectivity index (χ1v) is 6.39. The number of fused-ring (bicyclic) bond motifs is 1. The summed E-state index contributed by atoms with van der Waals surface area (Å²) in [5.74, 6) is -0.434. The van der Waals surface area contributed by atoms with Gasteiger partial charge in [-0.3, -0.25) is 14.3 Å². The summed E-state index contributed by atoms with van der Waals surface area (Å²) in [5, 5.41) is 4.03. The van der Waals surface area contributed by atoms with Crippen LogP contribution in [0.25, 0.3) is 0 Å². The van der Waals surface area contributed by atoms with Crippen molar-refractivity contribution in [2.24, 2.45) is 30.0 Å². The molecule has 0 aromatic carbocycles. The first-order valence-electron chi connectivity index (χ1n) is 5.98. The average molecular weight is 278 g/mol. The second-order valence-electron chi connectivity index (χ2n) is 5.66. The fraction of sp³-hybridized carbons (Fsp3) is 0.500. The highest BCUT2D eigenvalue weighted by Crippen LogP contribution is 2.63. The minimum Gasteiger partial charge on any atom is -0.389 e. The maximum Gasteiger partial charge on any atom is 0.239 e. The highest BCUT2D eigenvalue weighted by atomic mass is 32.1. The SMILES string of the molecule is Cn1ncc(C(N)=S)c1N1C(=O)C2C(C1=O)C2(C)C. The van der Waals surface area contributed by atoms with Crippen LogP contribution in [0.2, 0.25) is 0 Å². The Labute approximate surface area is 115 Å². The number of anilines is 1. The van der Waals surface area contributed by atoms with Crippen LogP contribution in [0.4, 0.5) is 5.82 Å². The number of nitrogens with two attached hydrogens (primary N) is 1. The molecule has 0 radical (unpaired) electrons. The molecule has 1 saturated heterocycles. The number of aryl methyl sites for hydroxylation is 1. The van der Waals surface area contributed by atoms with Crippen LogP contribution in [0.5, 0.6) is 0 Å². The Kier molecular flexibility index (Phi) is 2.21. The molecule has 2 N–H and O–H groups in total. The summed E-state index contributed by atoms with van der Waals surface area (Å²) in [4.78, 5) is 26.1. The number of carbonyl (C=O) groups excluding carboxylic acids is 2. The zero-order chi connectivity index (χ0) is 14.1. The van der Waals surface area contributed by atoms with E-state index in [-0.39, 0.29) is 34.1 Å². The van der Waals surface area contributed by atoms with Crippen LogP contribution in [-0.2, 0) is 16.6 Å². The summed E-state index contributed by atoms with van der Waals surface area (Å²) in [5.41, 5.74) is 5.84. The molecule has 100 valence electrons. The van der Waals surface area contributed by atoms with E-state index in [1.165, 1.54) is 15.8 Å². The highest BCUT2D eigenvalue weighted by Gasteiger charge is 2.73. The normalized spacial score (nSPS) is 27.6. The zero-order valence-electron chi connectivity index (χ0n) is 10.9. The van der Waals surface area contributed by atoms with Gasteiger partial charge in [-0.05, 0) is 5.41 Å². The quantitative estimate of drug-likeness (QED) is 0.617. The molecule has 2 amide bonds. The van der Waals surface area contributed by atoms with Gasteiger partial charge in [-0.15, -0.1) is 0 Å². The summed E-state index contributed by atoms with van der Waals surface area (Å²) in [6.45, 7) is 3.88. The van der Waals surface area contributed by atoms with E-state index >= 15 is 0 Å². The molecule has 1 saturated carbocycles. The maximum absolute atomic E-state index is 12.4. The van der Waals surface area contributed by atoms with Gasteiger partial charge in [0.25, 0.3) is 0 Å². The number of rotatable bonds is 2. The molecule has 2 atom stereocenters. The predicted octanol–water partition coefficient (Wildman–Crippen LogP) is 0.200. The van der Waals surface area contributed by atoms with Crippen LogP contribution in [-0.4, -0.2) is 26.6 Å². The molecule has 0 spiro atoms. The summed E-state index contributed by atoms with van der Waals surface area (Å²) >= 11 is 4.94. The van der Waals surface area contributed by atoms with Crippen molar-refractivity contribution in [3.63, 3.8) is 0 Å². The predicted molar refractivity (Wildman–Crippen MR) is 72.3 cm³/mol. The van der Waals surface area contributed by atoms with E-state index in [0.717, 1.165) is 0 Å². The third kappa shape index (κ3) is 1.36. The third-order valence-corrected chi connectivity index (χ3v) is 4.40. The largest absolute Gasteiger partial charge is 0.389 e. The van der Waals surface area contributed by atoms with E-state index in [4.69, 9.17) is 18.0 Å². The standard InChI is InChI=1S/C12H14N4O2S/c1-12(2)6-7(12)11(18)16(10(6)17)9-5(8(13)19)4-14-15(9)3/h4,6-7H,1-3H3,(H2,13,19). The Hall–Kier alpha value is -1.76. The van der Waals surface area contributed by atoms with Crippen LogP contribution < -0.4 is 10.6 Å². The molecular weight excluding hydrogens is 264 g/mol. The Morgan fingerprint density at radius 1 is 1.37 bits per heavy atom. The molecular formula is C12H14N4O2S. The molecule has 1 aromatic heterocycles. The number of carbonyl (C=O) groups is 2. The lowest BCUT2D eigenvalue weighted by Crippen LogP contribution is -2.38. The molecule has 2 heterocycles. The van der Waals surface area contributed by atoms with Gasteiger partial charge in [-0.2, -0.15) is 5.10 Å². The molecule has 2 unspecified atom stereocenters. The summed E-state index contributed by atoms with van der Waals surface area (Å²) < 4.78 is 1.46. The van der Waals surface area contributed by atoms with Crippen LogP contribution in [0.3, 0.4) is 0 Å². The molecule has 0 bridgehead atoms. The minimum absolute atomic E-state index is 0.128. The Bertz CT molecular complexity index is 610. The van der Waals surface area contributed by atoms with Gasteiger partial charge in [0.15, 0.2) is 5.82 Å². The van der Waals surface area contributed by atoms with Crippen molar-refractivity contribution < 1.29 is 9.59 Å². The number of thiocarbonyl (C=S) groups is 1. The molecule has 7 heteroatoms. The molecule has 2 aliphatic rings. The van der Waals surface area contributed by atoms with Crippen molar-refractivity contribution in [2.75, 3.05) is 4.90 Å². The summed E-state index contributed by atoms with van der Waals surface area (Å²) in [6.07, 6.45) is 1.48. The molecule has 3 rings (SSSR count). The van der Waals surface area contributed by atoms with Crippen LogP contribution >= 0.6 is 12.2 Å². The van der Waals surface area contributed by atoms with E-state index in [2.05, 4.69) is 5.10 Å². The van der Waals surface area contributed by atoms with Gasteiger partial charge in [-0.1, -0.05) is 26.1 Å². The maximum atomic E-state index is 12.4. The molecule has 1 aliphatic carbocycles. The van der Waals surface area contributed by atoms with E-state index in [1.54, 1.807) is 7.05 Å². The van der Waals surface area contributed by atoms with Crippen LogP contribution in [0.15, 0.2) is 6.20 Å². The first-order chi connectivity index (χ1) is 8.78. The molecule has 2 fully saturated rings. The molecule has 19 heavy (non-hydrogen) atoms. The second-order valence-corrected chi connectivity index (χ2v) is 6.10. The van der Waals surface area contributed by atoms with Gasteiger partial charge in [-0.25, -0.2) is 4.90 Å². The molecule has 1 aromatic rings. The van der Waals surface area contributed by atoms with E-state index in [1.807, 2.05) is 13.8 Å².